The van der Waals surface area contributed by atoms with E-state index in [1.54, 1.807) is 0 Å². The maximum absolute atomic E-state index is 13.1. The summed E-state index contributed by atoms with van der Waals surface area (Å²) in [4.78, 5) is 23.6. The van der Waals surface area contributed by atoms with Crippen LogP contribution < -0.4 is 15.5 Å². The minimum Gasteiger partial charge on any atom is -0.344 e. The molecule has 1 atom stereocenters. The van der Waals surface area contributed by atoms with Crippen molar-refractivity contribution in [1.82, 2.24) is 35.1 Å². The van der Waals surface area contributed by atoms with E-state index in [2.05, 4.69) is 51.8 Å². The first-order valence-corrected chi connectivity index (χ1v) is 9.94. The van der Waals surface area contributed by atoms with Gasteiger partial charge in [0, 0.05) is 30.8 Å². The Morgan fingerprint density at radius 3 is 2.55 bits per heavy atom. The van der Waals surface area contributed by atoms with Gasteiger partial charge in [-0.25, -0.2) is 14.4 Å². The molecule has 1 aliphatic rings. The summed E-state index contributed by atoms with van der Waals surface area (Å²) in [5, 5.41) is 22.4. The van der Waals surface area contributed by atoms with Gasteiger partial charge in [-0.3, -0.25) is 5.10 Å². The van der Waals surface area contributed by atoms with Crippen LogP contribution in [-0.2, 0) is 0 Å². The molecule has 3 aromatic heterocycles. The molecule has 4 heterocycles. The third kappa shape index (κ3) is 5.00. The summed E-state index contributed by atoms with van der Waals surface area (Å²) < 4.78 is 13.1. The zero-order valence-corrected chi connectivity index (χ0v) is 17.2. The molecule has 160 valence electrons. The van der Waals surface area contributed by atoms with Crippen molar-refractivity contribution in [2.75, 3.05) is 28.6 Å². The predicted molar refractivity (Wildman–Crippen MR) is 111 cm³/mol. The number of nitrogens with zero attached hydrogens (tertiary/aromatic N) is 8. The number of anilines is 4. The molecule has 0 aromatic carbocycles. The highest BCUT2D eigenvalue weighted by Crippen LogP contribution is 2.24. The van der Waals surface area contributed by atoms with Crippen molar-refractivity contribution in [1.29, 1.82) is 5.26 Å². The Bertz CT molecular complexity index is 1070. The molecule has 0 saturated carbocycles. The van der Waals surface area contributed by atoms with Crippen LogP contribution in [0.4, 0.5) is 28.1 Å². The van der Waals surface area contributed by atoms with Gasteiger partial charge in [-0.05, 0) is 26.7 Å². The van der Waals surface area contributed by atoms with Crippen LogP contribution >= 0.6 is 0 Å². The summed E-state index contributed by atoms with van der Waals surface area (Å²) in [6.07, 6.45) is 3.75. The summed E-state index contributed by atoms with van der Waals surface area (Å²) in [7, 11) is 0. The number of aryl methyl sites for hydroxylation is 1. The summed E-state index contributed by atoms with van der Waals surface area (Å²) in [5.74, 6) is 1.69. The molecule has 3 aromatic rings. The quantitative estimate of drug-likeness (QED) is 0.541. The molecule has 1 saturated heterocycles. The molecule has 0 spiro atoms. The van der Waals surface area contributed by atoms with Crippen molar-refractivity contribution in [2.45, 2.75) is 32.7 Å². The Balaban J connectivity index is 1.59. The molecular formula is C19H22FN11. The van der Waals surface area contributed by atoms with E-state index in [1.165, 1.54) is 0 Å². The van der Waals surface area contributed by atoms with E-state index >= 15 is 0 Å². The van der Waals surface area contributed by atoms with Crippen LogP contribution in [0.3, 0.4) is 0 Å². The number of piperidine rings is 1. The van der Waals surface area contributed by atoms with Gasteiger partial charge < -0.3 is 15.5 Å². The van der Waals surface area contributed by atoms with Crippen molar-refractivity contribution >= 4 is 23.7 Å². The van der Waals surface area contributed by atoms with E-state index < -0.39 is 5.82 Å². The smallest absolute Gasteiger partial charge is 0.235 e. The number of aromatic amines is 1. The van der Waals surface area contributed by atoms with E-state index in [0.717, 1.165) is 30.9 Å². The minimum absolute atomic E-state index is 0.0518. The molecule has 0 aliphatic carbocycles. The zero-order chi connectivity index (χ0) is 21.8. The third-order valence-corrected chi connectivity index (χ3v) is 4.90. The lowest BCUT2D eigenvalue weighted by molar-refractivity contribution is 0.482. The van der Waals surface area contributed by atoms with Gasteiger partial charge in [0.1, 0.15) is 5.82 Å². The van der Waals surface area contributed by atoms with E-state index in [9.17, 15) is 4.39 Å². The van der Waals surface area contributed by atoms with Gasteiger partial charge in [-0.15, -0.1) is 0 Å². The van der Waals surface area contributed by atoms with Gasteiger partial charge in [0.25, 0.3) is 0 Å². The first-order chi connectivity index (χ1) is 15.0. The minimum atomic E-state index is -0.500. The zero-order valence-electron chi connectivity index (χ0n) is 17.2. The molecule has 11 nitrogen and oxygen atoms in total. The molecule has 4 rings (SSSR count). The first-order valence-electron chi connectivity index (χ1n) is 9.94. The van der Waals surface area contributed by atoms with Gasteiger partial charge in [0.05, 0.1) is 24.5 Å². The fraction of sp³-hybridized carbons (Fsp3) is 0.421. The molecule has 0 amide bonds. The second-order valence-corrected chi connectivity index (χ2v) is 7.36. The Labute approximate surface area is 178 Å². The molecule has 0 bridgehead atoms. The second kappa shape index (κ2) is 8.86. The average Bonchev–Trinajstić information content (AvgIpc) is 3.18. The van der Waals surface area contributed by atoms with Crippen molar-refractivity contribution < 1.29 is 4.39 Å². The number of nitrogens with one attached hydrogen (secondary N) is 3. The molecule has 12 heteroatoms. The molecular weight excluding hydrogens is 401 g/mol. The third-order valence-electron chi connectivity index (χ3n) is 4.90. The topological polar surface area (TPSA) is 144 Å². The Morgan fingerprint density at radius 1 is 1.19 bits per heavy atom. The van der Waals surface area contributed by atoms with Gasteiger partial charge in [0.2, 0.25) is 17.8 Å². The summed E-state index contributed by atoms with van der Waals surface area (Å²) in [5.41, 5.74) is 0.899. The number of halogens is 1. The molecule has 0 unspecified atom stereocenters. The lowest BCUT2D eigenvalue weighted by atomic mass is 9.99. The number of hydrogen-bond acceptors (Lipinski definition) is 10. The number of aromatic nitrogens is 7. The van der Waals surface area contributed by atoms with Crippen molar-refractivity contribution in [3.63, 3.8) is 0 Å². The van der Waals surface area contributed by atoms with Crippen LogP contribution in [0.5, 0.6) is 0 Å². The van der Waals surface area contributed by atoms with E-state index in [4.69, 9.17) is 5.26 Å². The molecule has 1 fully saturated rings. The number of H-pyrrole nitrogens is 1. The SMILES string of the molecule is Cc1cc(Nc2nc(N[C@@H](C)c3ncc(F)cn3)nc(N3CCC(C#N)CC3)n2)n[nH]1. The van der Waals surface area contributed by atoms with Crippen LogP contribution in [0.25, 0.3) is 0 Å². The Kier molecular flexibility index (Phi) is 5.83. The average molecular weight is 423 g/mol. The van der Waals surface area contributed by atoms with Gasteiger partial charge in [-0.1, -0.05) is 0 Å². The molecule has 1 aliphatic heterocycles. The van der Waals surface area contributed by atoms with Crippen LogP contribution in [0, 0.1) is 30.0 Å². The van der Waals surface area contributed by atoms with Crippen LogP contribution in [0.2, 0.25) is 0 Å². The molecule has 3 N–H and O–H groups in total. The number of nitriles is 1. The first kappa shape index (κ1) is 20.4. The maximum Gasteiger partial charge on any atom is 0.235 e. The molecule has 0 radical (unpaired) electrons. The summed E-state index contributed by atoms with van der Waals surface area (Å²) in [6, 6.07) is 3.80. The Morgan fingerprint density at radius 2 is 1.90 bits per heavy atom. The predicted octanol–water partition coefficient (Wildman–Crippen LogP) is 2.49. The maximum atomic E-state index is 13.1. The fourth-order valence-electron chi connectivity index (χ4n) is 3.24. The fourth-order valence-corrected chi connectivity index (χ4v) is 3.24. The van der Waals surface area contributed by atoms with E-state index in [0.29, 0.717) is 42.6 Å². The summed E-state index contributed by atoms with van der Waals surface area (Å²) in [6.45, 7) is 5.09. The van der Waals surface area contributed by atoms with Crippen molar-refractivity contribution in [3.8, 4) is 6.07 Å². The summed E-state index contributed by atoms with van der Waals surface area (Å²) >= 11 is 0. The standard InChI is InChI=1S/C19H22FN11/c1-11-7-15(30-29-11)25-18-26-17(24-12(2)16-22-9-14(20)10-23-16)27-19(28-18)31-5-3-13(8-21)4-6-31/h7,9-10,12-13H,3-6H2,1-2H3,(H3,24,25,26,27,28,29,30)/t12-/m0/s1. The largest absolute Gasteiger partial charge is 0.344 e. The monoisotopic (exact) mass is 423 g/mol. The van der Waals surface area contributed by atoms with Gasteiger partial charge in [0.15, 0.2) is 11.6 Å². The van der Waals surface area contributed by atoms with Crippen LogP contribution in [0.1, 0.15) is 37.3 Å². The Hall–Kier alpha value is -3.88. The number of rotatable bonds is 6. The molecule has 31 heavy (non-hydrogen) atoms. The van der Waals surface area contributed by atoms with Crippen LogP contribution in [-0.4, -0.2) is 48.2 Å². The van der Waals surface area contributed by atoms with Gasteiger partial charge >= 0.3 is 0 Å². The van der Waals surface area contributed by atoms with Crippen molar-refractivity contribution in [2.24, 2.45) is 5.92 Å². The van der Waals surface area contributed by atoms with Crippen LogP contribution in [0.15, 0.2) is 18.5 Å². The number of hydrogen-bond donors (Lipinski definition) is 3. The highest BCUT2D eigenvalue weighted by atomic mass is 19.1. The van der Waals surface area contributed by atoms with E-state index in [1.807, 2.05) is 24.8 Å². The highest BCUT2D eigenvalue weighted by Gasteiger charge is 2.22. The highest BCUT2D eigenvalue weighted by molar-refractivity contribution is 5.52. The van der Waals surface area contributed by atoms with E-state index in [-0.39, 0.29) is 12.0 Å². The second-order valence-electron chi connectivity index (χ2n) is 7.36. The normalized spacial score (nSPS) is 15.4. The lowest BCUT2D eigenvalue weighted by Gasteiger charge is -2.29. The lowest BCUT2D eigenvalue weighted by Crippen LogP contribution is -2.35. The van der Waals surface area contributed by atoms with Crippen molar-refractivity contribution in [3.05, 3.63) is 35.8 Å². The van der Waals surface area contributed by atoms with Gasteiger partial charge in [-0.2, -0.15) is 25.3 Å².